The van der Waals surface area contributed by atoms with E-state index < -0.39 is 6.04 Å². The van der Waals surface area contributed by atoms with Gasteiger partial charge in [0.25, 0.3) is 5.91 Å². The number of fused-ring (bicyclic) bond motifs is 2. The van der Waals surface area contributed by atoms with Crippen LogP contribution in [0.3, 0.4) is 0 Å². The van der Waals surface area contributed by atoms with Gasteiger partial charge in [-0.25, -0.2) is 0 Å². The van der Waals surface area contributed by atoms with Gasteiger partial charge in [-0.05, 0) is 61.6 Å². The van der Waals surface area contributed by atoms with E-state index in [0.717, 1.165) is 36.0 Å². The highest BCUT2D eigenvalue weighted by atomic mass is 16.5. The number of amides is 1. The first-order valence-corrected chi connectivity index (χ1v) is 12.6. The Balaban J connectivity index is 1.82. The third-order valence-electron chi connectivity index (χ3n) is 6.67. The molecule has 0 spiro atoms. The molecule has 2 heterocycles. The highest BCUT2D eigenvalue weighted by Crippen LogP contribution is 2.41. The normalized spacial score (nSPS) is 15.0. The molecule has 0 aliphatic carbocycles. The number of hydrogen-bond donors (Lipinski definition) is 0. The molecule has 1 aliphatic heterocycles. The fourth-order valence-corrected chi connectivity index (χ4v) is 4.98. The molecular formula is C29H35NO6. The van der Waals surface area contributed by atoms with Crippen molar-refractivity contribution in [3.05, 3.63) is 68.6 Å². The van der Waals surface area contributed by atoms with Gasteiger partial charge in [-0.15, -0.1) is 0 Å². The Morgan fingerprint density at radius 2 is 1.78 bits per heavy atom. The van der Waals surface area contributed by atoms with Crippen LogP contribution in [0.25, 0.3) is 11.0 Å². The molecule has 7 heteroatoms. The van der Waals surface area contributed by atoms with E-state index in [2.05, 4.69) is 6.92 Å². The van der Waals surface area contributed by atoms with Crippen LogP contribution in [-0.4, -0.2) is 44.8 Å². The van der Waals surface area contributed by atoms with Gasteiger partial charge < -0.3 is 23.5 Å². The van der Waals surface area contributed by atoms with Crippen LogP contribution in [0.1, 0.15) is 71.5 Å². The summed E-state index contributed by atoms with van der Waals surface area (Å²) in [6.07, 6.45) is 3.81. The molecule has 3 aromatic rings. The lowest BCUT2D eigenvalue weighted by Gasteiger charge is -2.25. The van der Waals surface area contributed by atoms with Crippen molar-refractivity contribution in [3.8, 4) is 11.5 Å². The minimum Gasteiger partial charge on any atom is -0.493 e. The van der Waals surface area contributed by atoms with E-state index in [-0.39, 0.29) is 17.1 Å². The number of aryl methyl sites for hydroxylation is 2. The monoisotopic (exact) mass is 493 g/mol. The number of carbonyl (C=O) groups is 1. The molecule has 2 aromatic carbocycles. The van der Waals surface area contributed by atoms with Gasteiger partial charge in [0, 0.05) is 20.3 Å². The molecule has 1 aromatic heterocycles. The lowest BCUT2D eigenvalue weighted by atomic mass is 9.96. The van der Waals surface area contributed by atoms with Gasteiger partial charge >= 0.3 is 0 Å². The van der Waals surface area contributed by atoms with E-state index in [1.165, 1.54) is 0 Å². The molecule has 1 atom stereocenters. The Hall–Kier alpha value is -3.32. The number of nitrogens with zero attached hydrogens (tertiary/aromatic N) is 1. The number of hydrogen-bond acceptors (Lipinski definition) is 6. The lowest BCUT2D eigenvalue weighted by Crippen LogP contribution is -2.31. The van der Waals surface area contributed by atoms with E-state index in [4.69, 9.17) is 18.6 Å². The third kappa shape index (κ3) is 4.85. The first-order valence-electron chi connectivity index (χ1n) is 12.6. The van der Waals surface area contributed by atoms with Crippen molar-refractivity contribution in [2.75, 3.05) is 34.0 Å². The van der Waals surface area contributed by atoms with Crippen molar-refractivity contribution >= 4 is 16.9 Å². The predicted octanol–water partition coefficient (Wildman–Crippen LogP) is 5.57. The molecule has 0 saturated heterocycles. The fourth-order valence-electron chi connectivity index (χ4n) is 4.98. The maximum absolute atomic E-state index is 13.9. The average Bonchev–Trinajstić information content (AvgIpc) is 3.13. The molecule has 1 aliphatic rings. The molecule has 0 saturated carbocycles. The van der Waals surface area contributed by atoms with Crippen LogP contribution < -0.4 is 14.9 Å². The van der Waals surface area contributed by atoms with Gasteiger partial charge in [0.2, 0.25) is 5.76 Å². The van der Waals surface area contributed by atoms with E-state index >= 15 is 0 Å². The summed E-state index contributed by atoms with van der Waals surface area (Å²) in [5.41, 5.74) is 3.22. The van der Waals surface area contributed by atoms with Crippen LogP contribution in [0.2, 0.25) is 0 Å². The number of rotatable bonds is 11. The van der Waals surface area contributed by atoms with E-state index in [1.807, 2.05) is 44.2 Å². The largest absolute Gasteiger partial charge is 0.493 e. The zero-order valence-corrected chi connectivity index (χ0v) is 21.8. The smallest absolute Gasteiger partial charge is 0.290 e. The van der Waals surface area contributed by atoms with Crippen LogP contribution in [0, 0.1) is 13.8 Å². The second-order valence-electron chi connectivity index (χ2n) is 9.34. The van der Waals surface area contributed by atoms with Gasteiger partial charge in [-0.3, -0.25) is 9.59 Å². The van der Waals surface area contributed by atoms with Crippen molar-refractivity contribution in [1.29, 1.82) is 0 Å². The molecule has 4 rings (SSSR count). The Bertz CT molecular complexity index is 1310. The Kier molecular flexibility index (Phi) is 7.99. The van der Waals surface area contributed by atoms with Gasteiger partial charge in [0.15, 0.2) is 16.9 Å². The average molecular weight is 494 g/mol. The Labute approximate surface area is 212 Å². The molecule has 0 radical (unpaired) electrons. The number of benzene rings is 2. The summed E-state index contributed by atoms with van der Waals surface area (Å²) in [6.45, 7) is 7.52. The molecule has 0 bridgehead atoms. The standard InChI is InChI=1S/C29H35NO6/c1-6-7-8-14-35-21-11-10-20(17-22(21)34-5)26-25-27(31)24-19(3)15-18(2)16-23(24)36-28(25)29(32)30(26)12-9-13-33-4/h10-11,15-17,26H,6-9,12-14H2,1-5H3. The van der Waals surface area contributed by atoms with Gasteiger partial charge in [0.1, 0.15) is 5.58 Å². The third-order valence-corrected chi connectivity index (χ3v) is 6.67. The molecule has 0 N–H and O–H groups in total. The molecule has 192 valence electrons. The lowest BCUT2D eigenvalue weighted by molar-refractivity contribution is 0.0707. The number of methoxy groups -OCH3 is 2. The molecule has 0 fully saturated rings. The molecule has 1 amide bonds. The maximum Gasteiger partial charge on any atom is 0.290 e. The SMILES string of the molecule is CCCCCOc1ccc(C2c3c(oc4cc(C)cc(C)c4c3=O)C(=O)N2CCCOC)cc1OC. The van der Waals surface area contributed by atoms with E-state index in [9.17, 15) is 9.59 Å². The predicted molar refractivity (Wildman–Crippen MR) is 139 cm³/mol. The fraction of sp³-hybridized carbons (Fsp3) is 0.448. The van der Waals surface area contributed by atoms with Crippen molar-refractivity contribution in [2.45, 2.75) is 52.5 Å². The summed E-state index contributed by atoms with van der Waals surface area (Å²) in [6, 6.07) is 8.80. The first-order chi connectivity index (χ1) is 17.4. The van der Waals surface area contributed by atoms with E-state index in [0.29, 0.717) is 54.2 Å². The van der Waals surface area contributed by atoms with Crippen LogP contribution >= 0.6 is 0 Å². The summed E-state index contributed by atoms with van der Waals surface area (Å²) in [5.74, 6) is 1.03. The van der Waals surface area contributed by atoms with Crippen LogP contribution in [0.4, 0.5) is 0 Å². The van der Waals surface area contributed by atoms with Crippen LogP contribution in [0.5, 0.6) is 11.5 Å². The van der Waals surface area contributed by atoms with Gasteiger partial charge in [0.05, 0.1) is 30.7 Å². The second kappa shape index (κ2) is 11.2. The first kappa shape index (κ1) is 25.8. The summed E-state index contributed by atoms with van der Waals surface area (Å²) >= 11 is 0. The molecule has 36 heavy (non-hydrogen) atoms. The number of unbranched alkanes of at least 4 members (excludes halogenated alkanes) is 2. The minimum absolute atomic E-state index is 0.110. The highest BCUT2D eigenvalue weighted by Gasteiger charge is 2.42. The molecule has 7 nitrogen and oxygen atoms in total. The molecular weight excluding hydrogens is 458 g/mol. The zero-order chi connectivity index (χ0) is 25.8. The van der Waals surface area contributed by atoms with Crippen LogP contribution in [-0.2, 0) is 4.74 Å². The highest BCUT2D eigenvalue weighted by molar-refractivity contribution is 5.99. The van der Waals surface area contributed by atoms with Gasteiger partial charge in [-0.2, -0.15) is 0 Å². The number of ether oxygens (including phenoxy) is 3. The zero-order valence-electron chi connectivity index (χ0n) is 21.8. The minimum atomic E-state index is -0.589. The number of carbonyl (C=O) groups excluding carboxylic acids is 1. The van der Waals surface area contributed by atoms with Gasteiger partial charge in [-0.1, -0.05) is 31.9 Å². The second-order valence-corrected chi connectivity index (χ2v) is 9.34. The van der Waals surface area contributed by atoms with Crippen LogP contribution in [0.15, 0.2) is 39.5 Å². The van der Waals surface area contributed by atoms with Crippen molar-refractivity contribution in [3.63, 3.8) is 0 Å². The molecule has 1 unspecified atom stereocenters. The summed E-state index contributed by atoms with van der Waals surface area (Å²) in [5, 5.41) is 0.513. The van der Waals surface area contributed by atoms with Crippen molar-refractivity contribution < 1.29 is 23.4 Å². The van der Waals surface area contributed by atoms with E-state index in [1.54, 1.807) is 19.1 Å². The van der Waals surface area contributed by atoms with Crippen molar-refractivity contribution in [1.82, 2.24) is 4.90 Å². The maximum atomic E-state index is 13.9. The Morgan fingerprint density at radius 1 is 0.972 bits per heavy atom. The van der Waals surface area contributed by atoms with Crippen molar-refractivity contribution in [2.24, 2.45) is 0 Å². The summed E-state index contributed by atoms with van der Waals surface area (Å²) in [4.78, 5) is 29.1. The Morgan fingerprint density at radius 3 is 2.50 bits per heavy atom. The topological polar surface area (TPSA) is 78.2 Å². The summed E-state index contributed by atoms with van der Waals surface area (Å²) < 4.78 is 22.9. The quantitative estimate of drug-likeness (QED) is 0.325. The summed E-state index contributed by atoms with van der Waals surface area (Å²) in [7, 11) is 3.22.